The number of anilines is 1. The van der Waals surface area contributed by atoms with E-state index < -0.39 is 0 Å². The van der Waals surface area contributed by atoms with Crippen molar-refractivity contribution in [3.05, 3.63) is 40.4 Å². The number of nitrogens with one attached hydrogen (secondary N) is 1. The molecule has 2 rings (SSSR count). The summed E-state index contributed by atoms with van der Waals surface area (Å²) in [6.45, 7) is 8.15. The lowest BCUT2D eigenvalue weighted by atomic mass is 10.1. The lowest BCUT2D eigenvalue weighted by molar-refractivity contribution is -0.111. The summed E-state index contributed by atoms with van der Waals surface area (Å²) in [5.41, 5.74) is 1.43. The number of aromatic nitrogens is 1. The molecule has 1 aromatic heterocycles. The Morgan fingerprint density at radius 3 is 2.64 bits per heavy atom. The van der Waals surface area contributed by atoms with Gasteiger partial charge in [-0.1, -0.05) is 31.3 Å². The van der Waals surface area contributed by atoms with Crippen molar-refractivity contribution in [1.82, 2.24) is 4.98 Å². The van der Waals surface area contributed by atoms with Crippen molar-refractivity contribution in [1.29, 1.82) is 0 Å². The molecule has 0 radical (unpaired) electrons. The fraction of sp³-hybridized carbons (Fsp3) is 0.381. The van der Waals surface area contributed by atoms with Crippen LogP contribution in [-0.2, 0) is 4.79 Å². The molecule has 1 N–H and O–H groups in total. The van der Waals surface area contributed by atoms with E-state index in [4.69, 9.17) is 9.47 Å². The average Bonchev–Trinajstić information content (AvgIpc) is 3.00. The van der Waals surface area contributed by atoms with Gasteiger partial charge in [0.15, 0.2) is 22.4 Å². The quantitative estimate of drug-likeness (QED) is 0.484. The van der Waals surface area contributed by atoms with Gasteiger partial charge in [-0.05, 0) is 43.0 Å². The van der Waals surface area contributed by atoms with Gasteiger partial charge in [-0.25, -0.2) is 4.98 Å². The van der Waals surface area contributed by atoms with E-state index in [1.807, 2.05) is 18.2 Å². The molecule has 0 aliphatic heterocycles. The van der Waals surface area contributed by atoms with E-state index in [0.29, 0.717) is 39.7 Å². The predicted octanol–water partition coefficient (Wildman–Crippen LogP) is 4.74. The highest BCUT2D eigenvalue weighted by molar-refractivity contribution is 7.17. The second-order valence-electron chi connectivity index (χ2n) is 6.75. The highest BCUT2D eigenvalue weighted by Crippen LogP contribution is 2.29. The Morgan fingerprint density at radius 2 is 2.04 bits per heavy atom. The molecule has 1 heterocycles. The minimum atomic E-state index is -0.319. The number of rotatable bonds is 9. The molecule has 0 unspecified atom stereocenters. The fourth-order valence-corrected chi connectivity index (χ4v) is 3.27. The van der Waals surface area contributed by atoms with Gasteiger partial charge in [0.25, 0.3) is 0 Å². The molecule has 0 aliphatic carbocycles. The molecule has 0 bridgehead atoms. The zero-order valence-electron chi connectivity index (χ0n) is 16.9. The van der Waals surface area contributed by atoms with Gasteiger partial charge in [-0.2, -0.15) is 0 Å². The third-order valence-corrected chi connectivity index (χ3v) is 5.09. The first kappa shape index (κ1) is 21.6. The summed E-state index contributed by atoms with van der Waals surface area (Å²) >= 11 is 1.17. The molecule has 6 nitrogen and oxygen atoms in total. The van der Waals surface area contributed by atoms with Crippen LogP contribution in [0.3, 0.4) is 0 Å². The standard InChI is InChI=1S/C21H26N2O4S/c1-13(2)10-11-27-17-8-6-16(12-18(17)26-5)7-9-19(25)23-21-22-14(3)20(28-21)15(4)24/h6-9,12-13H,10-11H2,1-5H3,(H,22,23,25). The van der Waals surface area contributed by atoms with Crippen LogP contribution >= 0.6 is 11.3 Å². The van der Waals surface area contributed by atoms with Crippen molar-refractivity contribution >= 4 is 34.2 Å². The molecule has 0 fully saturated rings. The molecular formula is C21H26N2O4S. The molecule has 0 saturated heterocycles. The zero-order valence-corrected chi connectivity index (χ0v) is 17.7. The van der Waals surface area contributed by atoms with Crippen LogP contribution in [-0.4, -0.2) is 30.4 Å². The molecule has 0 saturated carbocycles. The third-order valence-electron chi connectivity index (χ3n) is 3.91. The minimum absolute atomic E-state index is 0.0613. The SMILES string of the molecule is COc1cc(C=CC(=O)Nc2nc(C)c(C(C)=O)s2)ccc1OCCC(C)C. The van der Waals surface area contributed by atoms with Crippen LogP contribution in [0.5, 0.6) is 11.5 Å². The van der Waals surface area contributed by atoms with Crippen LogP contribution in [0.15, 0.2) is 24.3 Å². The Bertz CT molecular complexity index is 871. The Labute approximate surface area is 169 Å². The second kappa shape index (κ2) is 10.0. The number of benzene rings is 1. The maximum absolute atomic E-state index is 12.1. The summed E-state index contributed by atoms with van der Waals surface area (Å²) in [5, 5.41) is 3.09. The van der Waals surface area contributed by atoms with Crippen LogP contribution in [0.1, 0.15) is 48.1 Å². The lowest BCUT2D eigenvalue weighted by Crippen LogP contribution is -2.07. The van der Waals surface area contributed by atoms with E-state index >= 15 is 0 Å². The number of ether oxygens (including phenoxy) is 2. The Hall–Kier alpha value is -2.67. The third kappa shape index (κ3) is 6.20. The Kier molecular flexibility index (Phi) is 7.75. The summed E-state index contributed by atoms with van der Waals surface area (Å²) in [6.07, 6.45) is 4.06. The number of hydrogen-bond acceptors (Lipinski definition) is 6. The lowest BCUT2D eigenvalue weighted by Gasteiger charge is -2.12. The van der Waals surface area contributed by atoms with E-state index in [0.717, 1.165) is 12.0 Å². The summed E-state index contributed by atoms with van der Waals surface area (Å²) in [5.74, 6) is 1.49. The van der Waals surface area contributed by atoms with E-state index in [2.05, 4.69) is 24.1 Å². The van der Waals surface area contributed by atoms with Crippen LogP contribution in [0.25, 0.3) is 6.08 Å². The number of amides is 1. The van der Waals surface area contributed by atoms with Gasteiger partial charge >= 0.3 is 0 Å². The molecule has 0 atom stereocenters. The predicted molar refractivity (Wildman–Crippen MR) is 112 cm³/mol. The van der Waals surface area contributed by atoms with Crippen molar-refractivity contribution in [2.24, 2.45) is 5.92 Å². The topological polar surface area (TPSA) is 77.5 Å². The van der Waals surface area contributed by atoms with Gasteiger partial charge < -0.3 is 9.47 Å². The molecular weight excluding hydrogens is 376 g/mol. The number of ketones is 1. The number of carbonyl (C=O) groups excluding carboxylic acids is 2. The largest absolute Gasteiger partial charge is 0.493 e. The van der Waals surface area contributed by atoms with Crippen molar-refractivity contribution in [3.63, 3.8) is 0 Å². The number of Topliss-reactive ketones (excluding diaryl/α,β-unsaturated/α-hetero) is 1. The molecule has 28 heavy (non-hydrogen) atoms. The van der Waals surface area contributed by atoms with Crippen LogP contribution in [0.4, 0.5) is 5.13 Å². The first-order valence-corrected chi connectivity index (χ1v) is 9.90. The average molecular weight is 403 g/mol. The highest BCUT2D eigenvalue weighted by atomic mass is 32.1. The Morgan fingerprint density at radius 1 is 1.29 bits per heavy atom. The molecule has 0 aliphatic rings. The number of carbonyl (C=O) groups is 2. The van der Waals surface area contributed by atoms with Gasteiger partial charge in [0.2, 0.25) is 5.91 Å². The highest BCUT2D eigenvalue weighted by Gasteiger charge is 2.12. The van der Waals surface area contributed by atoms with Gasteiger partial charge in [-0.15, -0.1) is 0 Å². The molecule has 7 heteroatoms. The monoisotopic (exact) mass is 402 g/mol. The van der Waals surface area contributed by atoms with Gasteiger partial charge in [0.05, 0.1) is 24.3 Å². The van der Waals surface area contributed by atoms with Crippen molar-refractivity contribution in [2.75, 3.05) is 19.0 Å². The van der Waals surface area contributed by atoms with Crippen LogP contribution in [0, 0.1) is 12.8 Å². The summed E-state index contributed by atoms with van der Waals surface area (Å²) in [6, 6.07) is 5.51. The first-order chi connectivity index (χ1) is 13.3. The molecule has 0 spiro atoms. The molecule has 150 valence electrons. The smallest absolute Gasteiger partial charge is 0.250 e. The molecule has 1 amide bonds. The number of nitrogens with zero attached hydrogens (tertiary/aromatic N) is 1. The van der Waals surface area contributed by atoms with E-state index in [9.17, 15) is 9.59 Å². The number of hydrogen-bond donors (Lipinski definition) is 1. The van der Waals surface area contributed by atoms with Crippen LogP contribution < -0.4 is 14.8 Å². The zero-order chi connectivity index (χ0) is 20.7. The fourth-order valence-electron chi connectivity index (χ4n) is 2.41. The normalized spacial score (nSPS) is 11.1. The summed E-state index contributed by atoms with van der Waals surface area (Å²) in [7, 11) is 1.59. The second-order valence-corrected chi connectivity index (χ2v) is 7.75. The molecule has 1 aromatic carbocycles. The van der Waals surface area contributed by atoms with Crippen molar-refractivity contribution < 1.29 is 19.1 Å². The van der Waals surface area contributed by atoms with Crippen LogP contribution in [0.2, 0.25) is 0 Å². The number of methoxy groups -OCH3 is 1. The number of thiazole rings is 1. The minimum Gasteiger partial charge on any atom is -0.493 e. The maximum Gasteiger partial charge on any atom is 0.250 e. The summed E-state index contributed by atoms with van der Waals surface area (Å²) in [4.78, 5) is 28.4. The maximum atomic E-state index is 12.1. The van der Waals surface area contributed by atoms with E-state index in [1.165, 1.54) is 24.3 Å². The van der Waals surface area contributed by atoms with E-state index in [-0.39, 0.29) is 11.7 Å². The van der Waals surface area contributed by atoms with Crippen molar-refractivity contribution in [2.45, 2.75) is 34.1 Å². The number of aryl methyl sites for hydroxylation is 1. The van der Waals surface area contributed by atoms with Gasteiger partial charge in [0, 0.05) is 13.0 Å². The first-order valence-electron chi connectivity index (χ1n) is 9.08. The van der Waals surface area contributed by atoms with E-state index in [1.54, 1.807) is 20.1 Å². The molecule has 2 aromatic rings. The Balaban J connectivity index is 2.01. The summed E-state index contributed by atoms with van der Waals surface area (Å²) < 4.78 is 11.2. The van der Waals surface area contributed by atoms with Gasteiger partial charge in [0.1, 0.15) is 0 Å². The van der Waals surface area contributed by atoms with Crippen molar-refractivity contribution in [3.8, 4) is 11.5 Å². The van der Waals surface area contributed by atoms with Gasteiger partial charge in [-0.3, -0.25) is 14.9 Å².